The molecule has 0 heterocycles. The Morgan fingerprint density at radius 1 is 0.900 bits per heavy atom. The molecule has 0 amide bonds. The van der Waals surface area contributed by atoms with Gasteiger partial charge in [0.2, 0.25) is 0 Å². The molecular formula is C18H29O2. The van der Waals surface area contributed by atoms with Crippen molar-refractivity contribution >= 4 is 0 Å². The topological polar surface area (TPSA) is 18.5 Å². The number of hydrogen-bond donors (Lipinski definition) is 0. The van der Waals surface area contributed by atoms with Gasteiger partial charge in [-0.25, -0.2) is 0 Å². The molecule has 1 rings (SSSR count). The summed E-state index contributed by atoms with van der Waals surface area (Å²) in [6.45, 7) is 16.1. The summed E-state index contributed by atoms with van der Waals surface area (Å²) >= 11 is 0. The van der Waals surface area contributed by atoms with Crippen molar-refractivity contribution in [1.29, 1.82) is 0 Å². The zero-order chi connectivity index (χ0) is 15.3. The van der Waals surface area contributed by atoms with E-state index in [-0.39, 0.29) is 17.6 Å². The van der Waals surface area contributed by atoms with Gasteiger partial charge in [0.05, 0.1) is 25.4 Å². The average Bonchev–Trinajstić information content (AvgIpc) is 2.32. The molecular weight excluding hydrogens is 248 g/mol. The highest BCUT2D eigenvalue weighted by Crippen LogP contribution is 2.25. The quantitative estimate of drug-likeness (QED) is 0.754. The number of rotatable bonds is 6. The van der Waals surface area contributed by atoms with Gasteiger partial charge in [0, 0.05) is 0 Å². The first-order valence-corrected chi connectivity index (χ1v) is 7.47. The van der Waals surface area contributed by atoms with Gasteiger partial charge in [-0.3, -0.25) is 0 Å². The summed E-state index contributed by atoms with van der Waals surface area (Å²) in [6.07, 6.45) is 0.467. The first kappa shape index (κ1) is 17.2. The fourth-order valence-electron chi connectivity index (χ4n) is 1.80. The summed E-state index contributed by atoms with van der Waals surface area (Å²) < 4.78 is 11.4. The summed E-state index contributed by atoms with van der Waals surface area (Å²) in [5.41, 5.74) is 3.64. The smallest absolute Gasteiger partial charge is 0.0726 e. The molecule has 113 valence electrons. The lowest BCUT2D eigenvalue weighted by Crippen LogP contribution is -2.14. The Bertz CT molecular complexity index is 384. The maximum atomic E-state index is 5.70. The van der Waals surface area contributed by atoms with E-state index in [0.29, 0.717) is 13.2 Å². The van der Waals surface area contributed by atoms with Gasteiger partial charge in [-0.1, -0.05) is 32.9 Å². The van der Waals surface area contributed by atoms with Gasteiger partial charge in [-0.15, -0.1) is 0 Å². The lowest BCUT2D eigenvalue weighted by atomic mass is 9.85. The predicted molar refractivity (Wildman–Crippen MR) is 83.8 cm³/mol. The van der Waals surface area contributed by atoms with Crippen molar-refractivity contribution in [3.63, 3.8) is 0 Å². The summed E-state index contributed by atoms with van der Waals surface area (Å²) in [4.78, 5) is 0. The molecule has 0 saturated carbocycles. The summed E-state index contributed by atoms with van der Waals surface area (Å²) in [5.74, 6) is 0. The minimum Gasteiger partial charge on any atom is -0.374 e. The Kier molecular flexibility index (Phi) is 6.22. The van der Waals surface area contributed by atoms with Gasteiger partial charge in [0.15, 0.2) is 0 Å². The van der Waals surface area contributed by atoms with Crippen LogP contribution in [0.1, 0.15) is 65.2 Å². The van der Waals surface area contributed by atoms with Crippen molar-refractivity contribution in [2.75, 3.05) is 0 Å². The van der Waals surface area contributed by atoms with Gasteiger partial charge < -0.3 is 9.47 Å². The Hall–Kier alpha value is -0.860. The van der Waals surface area contributed by atoms with Gasteiger partial charge in [0.1, 0.15) is 0 Å². The molecule has 0 spiro atoms. The van der Waals surface area contributed by atoms with Gasteiger partial charge in [-0.2, -0.15) is 0 Å². The van der Waals surface area contributed by atoms with Crippen molar-refractivity contribution in [3.8, 4) is 0 Å². The fourth-order valence-corrected chi connectivity index (χ4v) is 1.80. The number of ether oxygens (including phenoxy) is 2. The molecule has 0 unspecified atom stereocenters. The van der Waals surface area contributed by atoms with E-state index in [4.69, 9.17) is 9.47 Å². The second-order valence-electron chi connectivity index (χ2n) is 6.89. The Morgan fingerprint density at radius 3 is 1.60 bits per heavy atom. The molecule has 0 fully saturated rings. The van der Waals surface area contributed by atoms with E-state index in [1.54, 1.807) is 0 Å². The summed E-state index contributed by atoms with van der Waals surface area (Å²) in [5, 5.41) is 0. The third-order valence-electron chi connectivity index (χ3n) is 2.99. The zero-order valence-electron chi connectivity index (χ0n) is 14.0. The Morgan fingerprint density at radius 2 is 1.30 bits per heavy atom. The van der Waals surface area contributed by atoms with Crippen LogP contribution in [-0.4, -0.2) is 12.2 Å². The molecule has 2 nitrogen and oxygen atoms in total. The van der Waals surface area contributed by atoms with Crippen LogP contribution in [0.3, 0.4) is 0 Å². The minimum atomic E-state index is 0.119. The minimum absolute atomic E-state index is 0.119. The summed E-state index contributed by atoms with van der Waals surface area (Å²) in [6, 6.07) is 7.81. The van der Waals surface area contributed by atoms with Crippen LogP contribution < -0.4 is 0 Å². The van der Waals surface area contributed by atoms with E-state index in [0.717, 1.165) is 11.1 Å². The first-order chi connectivity index (χ1) is 9.18. The highest BCUT2D eigenvalue weighted by atomic mass is 16.5. The molecule has 1 aromatic rings. The fraction of sp³-hybridized carbons (Fsp3) is 0.667. The Labute approximate surface area is 124 Å². The SMILES string of the molecule is CC(C)OCc1[c]c(COC(C)C)cc(C(C)(C)C)c1. The van der Waals surface area contributed by atoms with Crippen molar-refractivity contribution < 1.29 is 9.47 Å². The molecule has 0 aromatic heterocycles. The van der Waals surface area contributed by atoms with Crippen LogP contribution in [0.4, 0.5) is 0 Å². The molecule has 0 N–H and O–H groups in total. The van der Waals surface area contributed by atoms with E-state index in [1.165, 1.54) is 5.56 Å². The molecule has 1 aromatic carbocycles. The van der Waals surface area contributed by atoms with Crippen LogP contribution in [0.15, 0.2) is 12.1 Å². The molecule has 1 radical (unpaired) electrons. The van der Waals surface area contributed by atoms with Crippen molar-refractivity contribution in [3.05, 3.63) is 34.9 Å². The molecule has 2 heteroatoms. The molecule has 0 saturated heterocycles. The maximum Gasteiger partial charge on any atom is 0.0726 e. The lowest BCUT2D eigenvalue weighted by molar-refractivity contribution is 0.0622. The third-order valence-corrected chi connectivity index (χ3v) is 2.99. The third kappa shape index (κ3) is 6.06. The van der Waals surface area contributed by atoms with Crippen LogP contribution in [0.2, 0.25) is 0 Å². The van der Waals surface area contributed by atoms with Crippen molar-refractivity contribution in [2.24, 2.45) is 0 Å². The van der Waals surface area contributed by atoms with Crippen LogP contribution in [0.5, 0.6) is 0 Å². The molecule has 0 aliphatic carbocycles. The number of benzene rings is 1. The van der Waals surface area contributed by atoms with Crippen molar-refractivity contribution in [1.82, 2.24) is 0 Å². The first-order valence-electron chi connectivity index (χ1n) is 7.47. The second-order valence-corrected chi connectivity index (χ2v) is 6.89. The van der Waals surface area contributed by atoms with E-state index in [2.05, 4.69) is 66.7 Å². The van der Waals surface area contributed by atoms with Crippen LogP contribution in [-0.2, 0) is 28.1 Å². The maximum absolute atomic E-state index is 5.70. The standard InChI is InChI=1S/C18H29O2/c1-13(2)19-11-15-8-16(12-20-14(3)4)10-17(9-15)18(5,6)7/h9-10,13-14H,11-12H2,1-7H3. The zero-order valence-corrected chi connectivity index (χ0v) is 14.0. The molecule has 20 heavy (non-hydrogen) atoms. The van der Waals surface area contributed by atoms with Crippen molar-refractivity contribution in [2.45, 2.75) is 79.3 Å². The molecule has 0 atom stereocenters. The van der Waals surface area contributed by atoms with Gasteiger partial charge in [0.25, 0.3) is 0 Å². The van der Waals surface area contributed by atoms with E-state index < -0.39 is 0 Å². The highest BCUT2D eigenvalue weighted by Gasteiger charge is 2.16. The summed E-state index contributed by atoms with van der Waals surface area (Å²) in [7, 11) is 0. The van der Waals surface area contributed by atoms with E-state index >= 15 is 0 Å². The van der Waals surface area contributed by atoms with Gasteiger partial charge >= 0.3 is 0 Å². The van der Waals surface area contributed by atoms with Gasteiger partial charge in [-0.05, 0) is 55.9 Å². The molecule has 0 aliphatic rings. The lowest BCUT2D eigenvalue weighted by Gasteiger charge is -2.22. The number of hydrogen-bond acceptors (Lipinski definition) is 2. The normalized spacial score (nSPS) is 12.4. The second kappa shape index (κ2) is 7.24. The van der Waals surface area contributed by atoms with Crippen LogP contribution in [0, 0.1) is 6.07 Å². The largest absolute Gasteiger partial charge is 0.374 e. The monoisotopic (exact) mass is 277 g/mol. The Balaban J connectivity index is 2.95. The van der Waals surface area contributed by atoms with E-state index in [9.17, 15) is 0 Å². The predicted octanol–water partition coefficient (Wildman–Crippen LogP) is 4.63. The molecule has 0 aliphatic heterocycles. The van der Waals surface area contributed by atoms with Crippen LogP contribution in [0.25, 0.3) is 0 Å². The van der Waals surface area contributed by atoms with Crippen LogP contribution >= 0.6 is 0 Å². The van der Waals surface area contributed by atoms with E-state index in [1.807, 2.05) is 0 Å². The highest BCUT2D eigenvalue weighted by molar-refractivity contribution is 5.32. The molecule has 0 bridgehead atoms. The average molecular weight is 277 g/mol.